The molecule has 1 aromatic heterocycles. The minimum atomic E-state index is 0.415. The third kappa shape index (κ3) is 3.06. The molecule has 4 heteroatoms. The highest BCUT2D eigenvalue weighted by Gasteiger charge is 2.05. The molecule has 0 unspecified atom stereocenters. The van der Waals surface area contributed by atoms with Gasteiger partial charge in [-0.15, -0.1) is 0 Å². The molecule has 0 aliphatic heterocycles. The molecule has 0 aliphatic carbocycles. The Morgan fingerprint density at radius 1 is 1.05 bits per heavy atom. The zero-order valence-electron chi connectivity index (χ0n) is 13.1. The van der Waals surface area contributed by atoms with E-state index in [-0.39, 0.29) is 0 Å². The average molecular weight is 296 g/mol. The number of rotatable bonds is 5. The number of benzene rings is 2. The highest BCUT2D eigenvalue weighted by molar-refractivity contribution is 5.76. The predicted molar refractivity (Wildman–Crippen MR) is 87.5 cm³/mol. The van der Waals surface area contributed by atoms with Gasteiger partial charge in [-0.1, -0.05) is 26.0 Å². The Hall–Kier alpha value is -2.49. The Bertz CT molecular complexity index is 760. The quantitative estimate of drug-likeness (QED) is 0.764. The molecule has 0 atom stereocenters. The third-order valence-electron chi connectivity index (χ3n) is 3.66. The molecule has 0 spiro atoms. The van der Waals surface area contributed by atoms with Crippen LogP contribution >= 0.6 is 0 Å². The van der Waals surface area contributed by atoms with Crippen molar-refractivity contribution in [2.75, 3.05) is 7.11 Å². The van der Waals surface area contributed by atoms with E-state index in [4.69, 9.17) is 9.47 Å². The van der Waals surface area contributed by atoms with Crippen molar-refractivity contribution in [3.63, 3.8) is 0 Å². The lowest BCUT2D eigenvalue weighted by atomic mass is 10.0. The van der Waals surface area contributed by atoms with Gasteiger partial charge < -0.3 is 14.5 Å². The molecule has 3 rings (SSSR count). The van der Waals surface area contributed by atoms with Crippen LogP contribution in [-0.4, -0.2) is 17.1 Å². The molecule has 0 radical (unpaired) electrons. The van der Waals surface area contributed by atoms with Crippen molar-refractivity contribution in [3.05, 3.63) is 53.9 Å². The zero-order valence-corrected chi connectivity index (χ0v) is 13.1. The Kier molecular flexibility index (Phi) is 4.00. The number of fused-ring (bicyclic) bond motifs is 1. The number of H-pyrrole nitrogens is 1. The highest BCUT2D eigenvalue weighted by Crippen LogP contribution is 2.21. The van der Waals surface area contributed by atoms with E-state index in [9.17, 15) is 0 Å². The molecule has 0 saturated heterocycles. The van der Waals surface area contributed by atoms with Gasteiger partial charge in [-0.25, -0.2) is 4.98 Å². The van der Waals surface area contributed by atoms with Gasteiger partial charge in [0.25, 0.3) is 0 Å². The summed E-state index contributed by atoms with van der Waals surface area (Å²) in [5.41, 5.74) is 3.17. The lowest BCUT2D eigenvalue weighted by Crippen LogP contribution is -1.97. The van der Waals surface area contributed by atoms with Crippen LogP contribution in [0, 0.1) is 0 Å². The van der Waals surface area contributed by atoms with Crippen LogP contribution in [0.4, 0.5) is 0 Å². The molecular weight excluding hydrogens is 276 g/mol. The number of methoxy groups -OCH3 is 1. The van der Waals surface area contributed by atoms with Crippen molar-refractivity contribution in [1.29, 1.82) is 0 Å². The molecular formula is C18H20N2O2. The number of aromatic nitrogens is 2. The van der Waals surface area contributed by atoms with Crippen LogP contribution in [-0.2, 0) is 6.61 Å². The monoisotopic (exact) mass is 296 g/mol. The summed E-state index contributed by atoms with van der Waals surface area (Å²) in [7, 11) is 1.66. The fourth-order valence-corrected chi connectivity index (χ4v) is 2.34. The van der Waals surface area contributed by atoms with Gasteiger partial charge in [-0.05, 0) is 35.7 Å². The maximum Gasteiger partial charge on any atom is 0.146 e. The topological polar surface area (TPSA) is 47.1 Å². The van der Waals surface area contributed by atoms with Crippen LogP contribution < -0.4 is 9.47 Å². The number of aromatic amines is 1. The van der Waals surface area contributed by atoms with E-state index in [0.717, 1.165) is 28.4 Å². The lowest BCUT2D eigenvalue weighted by Gasteiger charge is -2.07. The summed E-state index contributed by atoms with van der Waals surface area (Å²) < 4.78 is 11.0. The first kappa shape index (κ1) is 14.4. The maximum atomic E-state index is 5.79. The van der Waals surface area contributed by atoms with Crippen LogP contribution in [0.25, 0.3) is 11.0 Å². The standard InChI is InChI=1S/C18H20N2O2/c1-12(2)13-4-6-14(7-5-13)22-11-18-19-16-9-8-15(21-3)10-17(16)20-18/h4-10,12H,11H2,1-3H3,(H,19,20). The molecule has 0 aliphatic rings. The second-order valence-corrected chi connectivity index (χ2v) is 5.58. The Balaban J connectivity index is 1.70. The molecule has 0 amide bonds. The summed E-state index contributed by atoms with van der Waals surface area (Å²) in [5.74, 6) is 2.99. The number of nitrogens with zero attached hydrogens (tertiary/aromatic N) is 1. The van der Waals surface area contributed by atoms with E-state index in [1.54, 1.807) is 7.11 Å². The molecule has 0 fully saturated rings. The van der Waals surface area contributed by atoms with Crippen molar-refractivity contribution >= 4 is 11.0 Å². The van der Waals surface area contributed by atoms with Crippen LogP contribution in [0.3, 0.4) is 0 Å². The van der Waals surface area contributed by atoms with Crippen LogP contribution in [0.5, 0.6) is 11.5 Å². The Morgan fingerprint density at radius 2 is 1.77 bits per heavy atom. The largest absolute Gasteiger partial charge is 0.497 e. The van der Waals surface area contributed by atoms with E-state index >= 15 is 0 Å². The van der Waals surface area contributed by atoms with Gasteiger partial charge in [-0.2, -0.15) is 0 Å². The first-order valence-corrected chi connectivity index (χ1v) is 7.41. The van der Waals surface area contributed by atoms with Crippen LogP contribution in [0.15, 0.2) is 42.5 Å². The normalized spacial score (nSPS) is 11.1. The zero-order chi connectivity index (χ0) is 15.5. The minimum Gasteiger partial charge on any atom is -0.497 e. The van der Waals surface area contributed by atoms with Crippen molar-refractivity contribution in [2.45, 2.75) is 26.4 Å². The highest BCUT2D eigenvalue weighted by atomic mass is 16.5. The van der Waals surface area contributed by atoms with Gasteiger partial charge in [-0.3, -0.25) is 0 Å². The molecule has 1 N–H and O–H groups in total. The second-order valence-electron chi connectivity index (χ2n) is 5.58. The van der Waals surface area contributed by atoms with Crippen molar-refractivity contribution in [3.8, 4) is 11.5 Å². The fourth-order valence-electron chi connectivity index (χ4n) is 2.34. The summed E-state index contributed by atoms with van der Waals surface area (Å²) in [6, 6.07) is 14.0. The van der Waals surface area contributed by atoms with Gasteiger partial charge in [0, 0.05) is 6.07 Å². The number of ether oxygens (including phenoxy) is 2. The minimum absolute atomic E-state index is 0.415. The maximum absolute atomic E-state index is 5.79. The lowest BCUT2D eigenvalue weighted by molar-refractivity contribution is 0.297. The van der Waals surface area contributed by atoms with Crippen molar-refractivity contribution < 1.29 is 9.47 Å². The molecule has 1 heterocycles. The van der Waals surface area contributed by atoms with Crippen LogP contribution in [0.1, 0.15) is 31.2 Å². The smallest absolute Gasteiger partial charge is 0.146 e. The Labute approximate surface area is 130 Å². The SMILES string of the molecule is COc1ccc2nc(COc3ccc(C(C)C)cc3)[nH]c2c1. The first-order valence-electron chi connectivity index (χ1n) is 7.41. The number of hydrogen-bond acceptors (Lipinski definition) is 3. The second kappa shape index (κ2) is 6.10. The number of imidazole rings is 1. The van der Waals surface area contributed by atoms with E-state index in [1.165, 1.54) is 5.56 Å². The summed E-state index contributed by atoms with van der Waals surface area (Å²) in [5, 5.41) is 0. The number of nitrogens with one attached hydrogen (secondary N) is 1. The van der Waals surface area contributed by atoms with Crippen LogP contribution in [0.2, 0.25) is 0 Å². The molecule has 114 valence electrons. The fraction of sp³-hybridized carbons (Fsp3) is 0.278. The first-order chi connectivity index (χ1) is 10.7. The summed E-state index contributed by atoms with van der Waals surface area (Å²) in [4.78, 5) is 7.77. The van der Waals surface area contributed by atoms with Gasteiger partial charge in [0.15, 0.2) is 0 Å². The third-order valence-corrected chi connectivity index (χ3v) is 3.66. The average Bonchev–Trinajstić information content (AvgIpc) is 2.95. The molecule has 3 aromatic rings. The van der Waals surface area contributed by atoms with Gasteiger partial charge >= 0.3 is 0 Å². The van der Waals surface area contributed by atoms with Gasteiger partial charge in [0.05, 0.1) is 18.1 Å². The molecule has 0 bridgehead atoms. The summed E-state index contributed by atoms with van der Waals surface area (Å²) in [6.07, 6.45) is 0. The summed E-state index contributed by atoms with van der Waals surface area (Å²) in [6.45, 7) is 4.77. The summed E-state index contributed by atoms with van der Waals surface area (Å²) >= 11 is 0. The van der Waals surface area contributed by atoms with E-state index in [2.05, 4.69) is 35.9 Å². The Morgan fingerprint density at radius 3 is 2.45 bits per heavy atom. The van der Waals surface area contributed by atoms with Gasteiger partial charge in [0.2, 0.25) is 0 Å². The molecule has 0 saturated carbocycles. The van der Waals surface area contributed by atoms with E-state index < -0.39 is 0 Å². The molecule has 22 heavy (non-hydrogen) atoms. The van der Waals surface area contributed by atoms with Crippen molar-refractivity contribution in [2.24, 2.45) is 0 Å². The van der Waals surface area contributed by atoms with Crippen molar-refractivity contribution in [1.82, 2.24) is 9.97 Å². The predicted octanol–water partition coefficient (Wildman–Crippen LogP) is 4.27. The van der Waals surface area contributed by atoms with E-state index in [0.29, 0.717) is 12.5 Å². The van der Waals surface area contributed by atoms with Gasteiger partial charge in [0.1, 0.15) is 23.9 Å². The molecule has 4 nitrogen and oxygen atoms in total. The van der Waals surface area contributed by atoms with E-state index in [1.807, 2.05) is 30.3 Å². The molecule has 2 aromatic carbocycles. The number of hydrogen-bond donors (Lipinski definition) is 1.